The van der Waals surface area contributed by atoms with Gasteiger partial charge in [0.25, 0.3) is 0 Å². The number of ether oxygens (including phenoxy) is 3. The minimum atomic E-state index is -1.59. The molecule has 1 fully saturated rings. The molecule has 7 atom stereocenters. The van der Waals surface area contributed by atoms with Crippen molar-refractivity contribution in [2.24, 2.45) is 0 Å². The lowest BCUT2D eigenvalue weighted by atomic mass is 9.99. The fourth-order valence-corrected chi connectivity index (χ4v) is 6.99. The van der Waals surface area contributed by atoms with E-state index in [2.05, 4.69) is 54.8 Å². The van der Waals surface area contributed by atoms with Crippen molar-refractivity contribution in [3.63, 3.8) is 0 Å². The third-order valence-corrected chi connectivity index (χ3v) is 10.9. The van der Waals surface area contributed by atoms with Gasteiger partial charge in [-0.15, -0.1) is 0 Å². The molecule has 0 aliphatic carbocycles. The van der Waals surface area contributed by atoms with Crippen molar-refractivity contribution >= 4 is 11.9 Å². The molecular formula is C50H87NO10. The number of amides is 1. The van der Waals surface area contributed by atoms with Gasteiger partial charge in [0.1, 0.15) is 24.4 Å². The van der Waals surface area contributed by atoms with E-state index in [0.717, 1.165) is 89.9 Å². The normalized spacial score (nSPS) is 20.8. The third kappa shape index (κ3) is 31.0. The molecule has 1 saturated heterocycles. The van der Waals surface area contributed by atoms with Gasteiger partial charge in [0.15, 0.2) is 6.29 Å². The lowest BCUT2D eigenvalue weighted by Crippen LogP contribution is -2.60. The molecule has 1 heterocycles. The summed E-state index contributed by atoms with van der Waals surface area (Å²) in [7, 11) is 0. The van der Waals surface area contributed by atoms with Crippen molar-refractivity contribution in [1.29, 1.82) is 0 Å². The predicted octanol–water partition coefficient (Wildman–Crippen LogP) is 9.16. The highest BCUT2D eigenvalue weighted by atomic mass is 16.7. The summed E-state index contributed by atoms with van der Waals surface area (Å²) in [5.41, 5.74) is 0. The second-order valence-electron chi connectivity index (χ2n) is 16.4. The highest BCUT2D eigenvalue weighted by Gasteiger charge is 2.44. The number of carbonyl (C=O) groups is 2. The highest BCUT2D eigenvalue weighted by molar-refractivity contribution is 5.76. The van der Waals surface area contributed by atoms with E-state index < -0.39 is 49.5 Å². The van der Waals surface area contributed by atoms with Gasteiger partial charge in [-0.3, -0.25) is 9.59 Å². The van der Waals surface area contributed by atoms with Crippen LogP contribution in [0.4, 0.5) is 0 Å². The van der Waals surface area contributed by atoms with Crippen LogP contribution in [0.25, 0.3) is 0 Å². The van der Waals surface area contributed by atoms with Crippen LogP contribution in [0.3, 0.4) is 0 Å². The van der Waals surface area contributed by atoms with Crippen molar-refractivity contribution in [3.05, 3.63) is 60.8 Å². The predicted molar refractivity (Wildman–Crippen MR) is 246 cm³/mol. The number of aliphatic hydroxyl groups excluding tert-OH is 5. The largest absolute Gasteiger partial charge is 0.466 e. The van der Waals surface area contributed by atoms with Crippen LogP contribution in [0.5, 0.6) is 0 Å². The van der Waals surface area contributed by atoms with Gasteiger partial charge < -0.3 is 45.1 Å². The van der Waals surface area contributed by atoms with Gasteiger partial charge >= 0.3 is 5.97 Å². The molecule has 11 nitrogen and oxygen atoms in total. The number of allylic oxidation sites excluding steroid dienone is 9. The van der Waals surface area contributed by atoms with Crippen LogP contribution >= 0.6 is 0 Å². The molecule has 0 saturated carbocycles. The maximum atomic E-state index is 12.9. The molecule has 61 heavy (non-hydrogen) atoms. The average Bonchev–Trinajstić information content (AvgIpc) is 3.25. The fraction of sp³-hybridized carbons (Fsp3) is 0.760. The van der Waals surface area contributed by atoms with Gasteiger partial charge in [-0.2, -0.15) is 0 Å². The van der Waals surface area contributed by atoms with Gasteiger partial charge in [0.05, 0.1) is 32.0 Å². The van der Waals surface area contributed by atoms with E-state index in [0.29, 0.717) is 32.3 Å². The second kappa shape index (κ2) is 40.2. The molecule has 0 radical (unpaired) electrons. The monoisotopic (exact) mass is 862 g/mol. The first-order chi connectivity index (χ1) is 29.7. The highest BCUT2D eigenvalue weighted by Crippen LogP contribution is 2.22. The zero-order valence-corrected chi connectivity index (χ0v) is 38.1. The average molecular weight is 862 g/mol. The lowest BCUT2D eigenvalue weighted by Gasteiger charge is -2.40. The van der Waals surface area contributed by atoms with Crippen molar-refractivity contribution in [1.82, 2.24) is 5.32 Å². The summed E-state index contributed by atoms with van der Waals surface area (Å²) in [5, 5.41) is 53.9. The molecule has 0 aromatic heterocycles. The standard InChI is InChI=1S/C50H87NO10/c1-3-5-7-9-11-13-14-18-22-26-30-34-38-46(55)59-39-35-31-27-23-19-16-15-17-21-25-29-33-37-45(54)51-42(43(53)36-32-28-24-20-12-10-8-6-4-2)41-60-50-49(58)48(57)47(56)44(40-52)61-50/h4,6,11-13,16,19-20,32,36,42-44,47-50,52-53,56-58H,3,5,7-10,14-15,17-18,21-31,33-35,37-41H2,1-2H3,(H,51,54)/b6-4+,13-11-,19-16-,20-12+,36-32+. The van der Waals surface area contributed by atoms with Gasteiger partial charge in [-0.25, -0.2) is 0 Å². The topological polar surface area (TPSA) is 175 Å². The quantitative estimate of drug-likeness (QED) is 0.0199. The number of esters is 1. The number of carbonyl (C=O) groups excluding carboxylic acids is 2. The molecule has 1 amide bonds. The molecule has 352 valence electrons. The van der Waals surface area contributed by atoms with Crippen LogP contribution in [0.15, 0.2) is 60.8 Å². The van der Waals surface area contributed by atoms with E-state index in [1.807, 2.05) is 19.1 Å². The number of rotatable bonds is 39. The Hall–Kier alpha value is -2.64. The van der Waals surface area contributed by atoms with E-state index >= 15 is 0 Å². The summed E-state index contributed by atoms with van der Waals surface area (Å²) in [6, 6.07) is -0.853. The fourth-order valence-electron chi connectivity index (χ4n) is 6.99. The van der Waals surface area contributed by atoms with E-state index in [-0.39, 0.29) is 18.5 Å². The molecule has 0 aromatic carbocycles. The van der Waals surface area contributed by atoms with E-state index in [9.17, 15) is 35.1 Å². The van der Waals surface area contributed by atoms with Gasteiger partial charge in [0, 0.05) is 12.8 Å². The van der Waals surface area contributed by atoms with Crippen LogP contribution in [-0.4, -0.2) is 100 Å². The smallest absolute Gasteiger partial charge is 0.305 e. The third-order valence-electron chi connectivity index (χ3n) is 10.9. The van der Waals surface area contributed by atoms with E-state index in [1.54, 1.807) is 6.08 Å². The Kier molecular flexibility index (Phi) is 37.1. The summed E-state index contributed by atoms with van der Waals surface area (Å²) in [6.45, 7) is 3.94. The Bertz CT molecular complexity index is 1200. The van der Waals surface area contributed by atoms with Gasteiger partial charge in [-0.05, 0) is 110 Å². The van der Waals surface area contributed by atoms with Crippen molar-refractivity contribution in [2.45, 2.75) is 224 Å². The van der Waals surface area contributed by atoms with Gasteiger partial charge in [0.2, 0.25) is 5.91 Å². The summed E-state index contributed by atoms with van der Waals surface area (Å²) < 4.78 is 16.5. The number of unbranched alkanes of at least 4 members (excludes halogenated alkanes) is 18. The number of hydrogen-bond donors (Lipinski definition) is 6. The van der Waals surface area contributed by atoms with E-state index in [4.69, 9.17) is 14.2 Å². The molecule has 7 unspecified atom stereocenters. The summed E-state index contributed by atoms with van der Waals surface area (Å²) in [6.07, 6.45) is 39.0. The number of nitrogens with one attached hydrogen (secondary N) is 1. The first-order valence-electron chi connectivity index (χ1n) is 24.0. The maximum absolute atomic E-state index is 12.9. The summed E-state index contributed by atoms with van der Waals surface area (Å²) in [4.78, 5) is 24.9. The second-order valence-corrected chi connectivity index (χ2v) is 16.4. The Morgan fingerprint density at radius 2 is 1.13 bits per heavy atom. The summed E-state index contributed by atoms with van der Waals surface area (Å²) >= 11 is 0. The molecule has 1 aliphatic rings. The zero-order valence-electron chi connectivity index (χ0n) is 38.1. The Labute approximate surface area is 369 Å². The van der Waals surface area contributed by atoms with Crippen molar-refractivity contribution in [2.75, 3.05) is 19.8 Å². The van der Waals surface area contributed by atoms with Crippen LogP contribution in [0.1, 0.15) is 181 Å². The summed E-state index contributed by atoms with van der Waals surface area (Å²) in [5.74, 6) is -0.289. The van der Waals surface area contributed by atoms with Crippen LogP contribution in [0, 0.1) is 0 Å². The molecule has 11 heteroatoms. The van der Waals surface area contributed by atoms with Crippen LogP contribution in [-0.2, 0) is 23.8 Å². The first kappa shape index (κ1) is 56.4. The van der Waals surface area contributed by atoms with Crippen LogP contribution < -0.4 is 5.32 Å². The Morgan fingerprint density at radius 3 is 1.72 bits per heavy atom. The minimum Gasteiger partial charge on any atom is -0.466 e. The van der Waals surface area contributed by atoms with Gasteiger partial charge in [-0.1, -0.05) is 119 Å². The Balaban J connectivity index is 2.21. The first-order valence-corrected chi connectivity index (χ1v) is 24.0. The Morgan fingerprint density at radius 1 is 0.623 bits per heavy atom. The SMILES string of the molecule is C/C=C/CC/C=C/CC/C=C/C(O)C(COC1OC(CO)C(O)C(O)C1O)NC(=O)CCCCCCC/C=C\CCCCCOC(=O)CCCCCCC/C=C\CCCCC. The van der Waals surface area contributed by atoms with Crippen molar-refractivity contribution in [3.8, 4) is 0 Å². The zero-order chi connectivity index (χ0) is 44.6. The molecule has 0 spiro atoms. The number of hydrogen-bond acceptors (Lipinski definition) is 10. The molecule has 1 rings (SSSR count). The lowest BCUT2D eigenvalue weighted by molar-refractivity contribution is -0.302. The van der Waals surface area contributed by atoms with Crippen molar-refractivity contribution < 1.29 is 49.3 Å². The molecule has 1 aliphatic heterocycles. The molecule has 0 bridgehead atoms. The maximum Gasteiger partial charge on any atom is 0.305 e. The van der Waals surface area contributed by atoms with E-state index in [1.165, 1.54) is 51.4 Å². The molecule has 6 N–H and O–H groups in total. The minimum absolute atomic E-state index is 0.0608. The molecule has 0 aromatic rings. The number of aliphatic hydroxyl groups is 5. The van der Waals surface area contributed by atoms with Crippen LogP contribution in [0.2, 0.25) is 0 Å². The molecular weight excluding hydrogens is 775 g/mol.